The van der Waals surface area contributed by atoms with Gasteiger partial charge in [-0.2, -0.15) is 0 Å². The summed E-state index contributed by atoms with van der Waals surface area (Å²) >= 11 is 0. The predicted octanol–water partition coefficient (Wildman–Crippen LogP) is 2.61. The summed E-state index contributed by atoms with van der Waals surface area (Å²) in [5.74, 6) is -0.365. The van der Waals surface area contributed by atoms with E-state index in [2.05, 4.69) is 0 Å². The smallest absolute Gasteiger partial charge is 0.197 e. The molecule has 3 aromatic rings. The third-order valence-electron chi connectivity index (χ3n) is 3.41. The quantitative estimate of drug-likeness (QED) is 0.725. The summed E-state index contributed by atoms with van der Waals surface area (Å²) in [6.45, 7) is 0. The minimum absolute atomic E-state index is 0.0240. The van der Waals surface area contributed by atoms with Gasteiger partial charge in [-0.1, -0.05) is 30.3 Å². The molecule has 0 amide bonds. The van der Waals surface area contributed by atoms with Crippen molar-refractivity contribution >= 4 is 17.3 Å². The Morgan fingerprint density at radius 1 is 1.05 bits per heavy atom. The Morgan fingerprint density at radius 2 is 1.77 bits per heavy atom. The van der Waals surface area contributed by atoms with Crippen molar-refractivity contribution in [1.82, 2.24) is 0 Å². The van der Waals surface area contributed by atoms with Crippen molar-refractivity contribution in [3.8, 4) is 22.8 Å². The van der Waals surface area contributed by atoms with Gasteiger partial charge in [0.1, 0.15) is 34.5 Å². The van der Waals surface area contributed by atoms with Crippen LogP contribution >= 0.6 is 0 Å². The van der Waals surface area contributed by atoms with Gasteiger partial charge in [-0.15, -0.1) is 0 Å². The molecular formula is C17H12O5. The van der Waals surface area contributed by atoms with Crippen LogP contribution in [0.4, 0.5) is 0 Å². The summed E-state index contributed by atoms with van der Waals surface area (Å²) in [5, 5.41) is 19.7. The van der Waals surface area contributed by atoms with E-state index in [4.69, 9.17) is 4.42 Å². The van der Waals surface area contributed by atoms with Crippen LogP contribution in [0.25, 0.3) is 22.3 Å². The third-order valence-corrected chi connectivity index (χ3v) is 3.41. The minimum Gasteiger partial charge on any atom is -0.507 e. The average molecular weight is 296 g/mol. The maximum Gasteiger partial charge on any atom is 0.197 e. The number of aldehydes is 1. The molecule has 2 aromatic carbocycles. The number of hydrogen-bond acceptors (Lipinski definition) is 5. The number of carbonyl (C=O) groups is 1. The molecule has 0 spiro atoms. The van der Waals surface area contributed by atoms with E-state index in [-0.39, 0.29) is 34.5 Å². The topological polar surface area (TPSA) is 87.7 Å². The molecule has 2 N–H and O–H groups in total. The SMILES string of the molecule is O=CCc1c(O)cc(O)c2c(=O)cc(-c3ccccc3)oc12. The fourth-order valence-electron chi connectivity index (χ4n) is 2.38. The Balaban J connectivity index is 2.39. The number of benzene rings is 2. The van der Waals surface area contributed by atoms with Crippen LogP contribution in [0, 0.1) is 0 Å². The molecule has 0 bridgehead atoms. The van der Waals surface area contributed by atoms with Crippen molar-refractivity contribution in [1.29, 1.82) is 0 Å². The molecule has 22 heavy (non-hydrogen) atoms. The van der Waals surface area contributed by atoms with Crippen molar-refractivity contribution in [3.05, 3.63) is 58.3 Å². The summed E-state index contributed by atoms with van der Waals surface area (Å²) in [6.07, 6.45) is 0.477. The third kappa shape index (κ3) is 2.22. The van der Waals surface area contributed by atoms with Gasteiger partial charge >= 0.3 is 0 Å². The number of aromatic hydroxyl groups is 2. The zero-order valence-electron chi connectivity index (χ0n) is 11.4. The van der Waals surface area contributed by atoms with Crippen LogP contribution < -0.4 is 5.43 Å². The zero-order chi connectivity index (χ0) is 15.7. The van der Waals surface area contributed by atoms with Crippen LogP contribution in [0.2, 0.25) is 0 Å². The number of hydrogen-bond donors (Lipinski definition) is 2. The van der Waals surface area contributed by atoms with E-state index in [0.717, 1.165) is 6.07 Å². The number of fused-ring (bicyclic) bond motifs is 1. The monoisotopic (exact) mass is 296 g/mol. The first kappa shape index (κ1) is 13.9. The summed E-state index contributed by atoms with van der Waals surface area (Å²) in [7, 11) is 0. The van der Waals surface area contributed by atoms with Crippen LogP contribution in [0.15, 0.2) is 51.7 Å². The summed E-state index contributed by atoms with van der Waals surface area (Å²) in [4.78, 5) is 23.1. The molecule has 0 atom stereocenters. The van der Waals surface area contributed by atoms with Gasteiger partial charge in [0.2, 0.25) is 0 Å². The van der Waals surface area contributed by atoms with Gasteiger partial charge in [-0.25, -0.2) is 0 Å². The van der Waals surface area contributed by atoms with Gasteiger partial charge < -0.3 is 19.4 Å². The molecular weight excluding hydrogens is 284 g/mol. The largest absolute Gasteiger partial charge is 0.507 e. The van der Waals surface area contributed by atoms with Crippen LogP contribution in [0.5, 0.6) is 11.5 Å². The molecule has 0 saturated carbocycles. The van der Waals surface area contributed by atoms with Crippen LogP contribution in [-0.2, 0) is 11.2 Å². The summed E-state index contributed by atoms with van der Waals surface area (Å²) < 4.78 is 5.70. The molecule has 0 saturated heterocycles. The lowest BCUT2D eigenvalue weighted by Crippen LogP contribution is -2.03. The van der Waals surface area contributed by atoms with Crippen molar-refractivity contribution in [2.75, 3.05) is 0 Å². The molecule has 0 aliphatic carbocycles. The van der Waals surface area contributed by atoms with E-state index in [0.29, 0.717) is 17.6 Å². The lowest BCUT2D eigenvalue weighted by molar-refractivity contribution is -0.107. The van der Waals surface area contributed by atoms with Crippen molar-refractivity contribution in [3.63, 3.8) is 0 Å². The molecule has 1 aromatic heterocycles. The number of phenolic OH excluding ortho intramolecular Hbond substituents is 2. The first-order valence-corrected chi connectivity index (χ1v) is 6.62. The van der Waals surface area contributed by atoms with Gasteiger partial charge in [0.15, 0.2) is 5.43 Å². The molecule has 5 nitrogen and oxygen atoms in total. The standard InChI is InChI=1S/C17H12O5/c18-7-6-11-12(19)8-13(20)16-14(21)9-15(22-17(11)16)10-4-2-1-3-5-10/h1-5,7-9,19-20H,6H2. The average Bonchev–Trinajstić information content (AvgIpc) is 2.51. The van der Waals surface area contributed by atoms with Gasteiger partial charge in [0.05, 0.1) is 0 Å². The van der Waals surface area contributed by atoms with Crippen LogP contribution in [0.3, 0.4) is 0 Å². The molecule has 1 heterocycles. The van der Waals surface area contributed by atoms with E-state index in [9.17, 15) is 19.8 Å². The number of carbonyl (C=O) groups excluding carboxylic acids is 1. The van der Waals surface area contributed by atoms with E-state index in [1.54, 1.807) is 24.3 Å². The van der Waals surface area contributed by atoms with Gasteiger partial charge in [-0.3, -0.25) is 4.79 Å². The highest BCUT2D eigenvalue weighted by Gasteiger charge is 2.17. The Kier molecular flexibility index (Phi) is 3.39. The molecule has 3 rings (SSSR count). The van der Waals surface area contributed by atoms with Crippen molar-refractivity contribution in [2.24, 2.45) is 0 Å². The fraction of sp³-hybridized carbons (Fsp3) is 0.0588. The van der Waals surface area contributed by atoms with Gasteiger partial charge in [0.25, 0.3) is 0 Å². The molecule has 110 valence electrons. The molecule has 0 aliphatic rings. The Labute approximate surface area is 125 Å². The highest BCUT2D eigenvalue weighted by molar-refractivity contribution is 5.90. The highest BCUT2D eigenvalue weighted by Crippen LogP contribution is 2.34. The zero-order valence-corrected chi connectivity index (χ0v) is 11.4. The second kappa shape index (κ2) is 5.37. The molecule has 0 fully saturated rings. The minimum atomic E-state index is -0.440. The van der Waals surface area contributed by atoms with E-state index >= 15 is 0 Å². The lowest BCUT2D eigenvalue weighted by Gasteiger charge is -2.09. The fourth-order valence-corrected chi connectivity index (χ4v) is 2.38. The first-order chi connectivity index (χ1) is 10.6. The predicted molar refractivity (Wildman–Crippen MR) is 81.0 cm³/mol. The summed E-state index contributed by atoms with van der Waals surface area (Å²) in [6, 6.07) is 11.3. The van der Waals surface area contributed by atoms with Gasteiger partial charge in [0, 0.05) is 29.7 Å². The Bertz CT molecular complexity index is 910. The van der Waals surface area contributed by atoms with Gasteiger partial charge in [-0.05, 0) is 0 Å². The normalized spacial score (nSPS) is 10.7. The van der Waals surface area contributed by atoms with Crippen molar-refractivity contribution < 1.29 is 19.4 Å². The second-order valence-electron chi connectivity index (χ2n) is 4.81. The number of rotatable bonds is 3. The van der Waals surface area contributed by atoms with Crippen LogP contribution in [0.1, 0.15) is 5.56 Å². The van der Waals surface area contributed by atoms with Crippen LogP contribution in [-0.4, -0.2) is 16.5 Å². The molecule has 0 radical (unpaired) electrons. The Morgan fingerprint density at radius 3 is 2.45 bits per heavy atom. The highest BCUT2D eigenvalue weighted by atomic mass is 16.3. The lowest BCUT2D eigenvalue weighted by atomic mass is 10.0. The maximum absolute atomic E-state index is 12.3. The summed E-state index contributed by atoms with van der Waals surface area (Å²) in [5.41, 5.74) is 0.444. The maximum atomic E-state index is 12.3. The number of phenols is 2. The molecule has 0 aliphatic heterocycles. The second-order valence-corrected chi connectivity index (χ2v) is 4.81. The molecule has 0 unspecified atom stereocenters. The van der Waals surface area contributed by atoms with E-state index in [1.165, 1.54) is 6.07 Å². The molecule has 5 heteroatoms. The Hall–Kier alpha value is -3.08. The first-order valence-electron chi connectivity index (χ1n) is 6.62. The van der Waals surface area contributed by atoms with Crippen molar-refractivity contribution in [2.45, 2.75) is 6.42 Å². The van der Waals surface area contributed by atoms with E-state index < -0.39 is 5.43 Å². The van der Waals surface area contributed by atoms with E-state index in [1.807, 2.05) is 6.07 Å².